The number of aromatic hydroxyl groups is 1. The van der Waals surface area contributed by atoms with Crippen molar-refractivity contribution < 1.29 is 24.6 Å². The van der Waals surface area contributed by atoms with E-state index >= 15 is 0 Å². The number of hydrogen-bond donors (Lipinski definition) is 3. The first-order valence-electron chi connectivity index (χ1n) is 4.49. The summed E-state index contributed by atoms with van der Waals surface area (Å²) in [6.07, 6.45) is 0. The van der Waals surface area contributed by atoms with E-state index in [0.717, 1.165) is 0 Å². The highest BCUT2D eigenvalue weighted by Crippen LogP contribution is 2.31. The van der Waals surface area contributed by atoms with Gasteiger partial charge in [-0.2, -0.15) is 0 Å². The lowest BCUT2D eigenvalue weighted by Crippen LogP contribution is -2.09. The van der Waals surface area contributed by atoms with Crippen LogP contribution in [0.4, 0.5) is 0 Å². The molecule has 0 radical (unpaired) electrons. The number of carbonyl (C=O) groups is 1. The van der Waals surface area contributed by atoms with Gasteiger partial charge in [0, 0.05) is 12.1 Å². The van der Waals surface area contributed by atoms with Gasteiger partial charge >= 0.3 is 5.97 Å². The highest BCUT2D eigenvalue weighted by Gasteiger charge is 2.14. The molecule has 0 saturated carbocycles. The topological polar surface area (TPSA) is 88.0 Å². The van der Waals surface area contributed by atoms with Crippen molar-refractivity contribution in [2.45, 2.75) is 6.54 Å². The van der Waals surface area contributed by atoms with E-state index < -0.39 is 5.97 Å². The third-order valence-electron chi connectivity index (χ3n) is 2.06. The highest BCUT2D eigenvalue weighted by atomic mass is 16.5. The van der Waals surface area contributed by atoms with Crippen molar-refractivity contribution >= 4 is 5.97 Å². The van der Waals surface area contributed by atoms with Gasteiger partial charge in [-0.05, 0) is 12.1 Å². The van der Waals surface area contributed by atoms with Crippen LogP contribution >= 0.6 is 0 Å². The molecule has 16 heavy (non-hydrogen) atoms. The fourth-order valence-corrected chi connectivity index (χ4v) is 1.28. The zero-order valence-corrected chi connectivity index (χ0v) is 8.98. The summed E-state index contributed by atoms with van der Waals surface area (Å²) in [5, 5.41) is 18.2. The van der Waals surface area contributed by atoms with Crippen molar-refractivity contribution in [2.75, 3.05) is 14.2 Å². The normalized spacial score (nSPS) is 9.94. The number of carbonyl (C=O) groups excluding carboxylic acids is 1. The molecule has 0 aliphatic heterocycles. The molecule has 0 heterocycles. The van der Waals surface area contributed by atoms with Gasteiger partial charge in [0.15, 0.2) is 11.5 Å². The second kappa shape index (κ2) is 5.34. The second-order valence-electron chi connectivity index (χ2n) is 3.01. The zero-order valence-electron chi connectivity index (χ0n) is 8.98. The van der Waals surface area contributed by atoms with Crippen LogP contribution in [0.5, 0.6) is 11.5 Å². The summed E-state index contributed by atoms with van der Waals surface area (Å²) in [6, 6.07) is 2.77. The van der Waals surface area contributed by atoms with Gasteiger partial charge in [0.1, 0.15) is 0 Å². The van der Waals surface area contributed by atoms with E-state index in [0.29, 0.717) is 5.56 Å². The Labute approximate surface area is 92.4 Å². The van der Waals surface area contributed by atoms with Gasteiger partial charge in [-0.15, -0.1) is 0 Å². The summed E-state index contributed by atoms with van der Waals surface area (Å²) in [5.41, 5.74) is 2.47. The SMILES string of the molecule is COC(=O)c1cc(CNO)c(O)c(OC)c1. The molecule has 1 aromatic carbocycles. The molecule has 0 fully saturated rings. The lowest BCUT2D eigenvalue weighted by molar-refractivity contribution is 0.0600. The van der Waals surface area contributed by atoms with E-state index in [1.165, 1.54) is 26.4 Å². The highest BCUT2D eigenvalue weighted by molar-refractivity contribution is 5.90. The van der Waals surface area contributed by atoms with Gasteiger partial charge in [0.05, 0.1) is 19.8 Å². The van der Waals surface area contributed by atoms with Crippen LogP contribution < -0.4 is 10.2 Å². The number of hydrogen-bond acceptors (Lipinski definition) is 6. The number of ether oxygens (including phenoxy) is 2. The van der Waals surface area contributed by atoms with E-state index in [2.05, 4.69) is 4.74 Å². The zero-order chi connectivity index (χ0) is 12.1. The molecule has 0 unspecified atom stereocenters. The van der Waals surface area contributed by atoms with Crippen molar-refractivity contribution in [2.24, 2.45) is 0 Å². The molecule has 3 N–H and O–H groups in total. The van der Waals surface area contributed by atoms with Crippen LogP contribution in [0.15, 0.2) is 12.1 Å². The predicted molar refractivity (Wildman–Crippen MR) is 54.6 cm³/mol. The summed E-state index contributed by atoms with van der Waals surface area (Å²) in [4.78, 5) is 11.3. The van der Waals surface area contributed by atoms with Crippen molar-refractivity contribution in [3.05, 3.63) is 23.3 Å². The molecule has 1 rings (SSSR count). The maximum atomic E-state index is 11.3. The maximum absolute atomic E-state index is 11.3. The molecule has 0 aliphatic carbocycles. The molecular formula is C10H13NO5. The minimum atomic E-state index is -0.544. The quantitative estimate of drug-likeness (QED) is 0.517. The Morgan fingerprint density at radius 2 is 2.12 bits per heavy atom. The number of nitrogens with one attached hydrogen (secondary N) is 1. The molecule has 0 saturated heterocycles. The average molecular weight is 227 g/mol. The standard InChI is InChI=1S/C10H13NO5/c1-15-8-4-6(10(13)16-2)3-7(5-11-14)9(8)12/h3-4,11-12,14H,5H2,1-2H3. The van der Waals surface area contributed by atoms with Crippen LogP contribution in [0.3, 0.4) is 0 Å². The third-order valence-corrected chi connectivity index (χ3v) is 2.06. The molecular weight excluding hydrogens is 214 g/mol. The summed E-state index contributed by atoms with van der Waals surface area (Å²) >= 11 is 0. The molecule has 0 bridgehead atoms. The van der Waals surface area contributed by atoms with Gasteiger partial charge < -0.3 is 19.8 Å². The summed E-state index contributed by atoms with van der Waals surface area (Å²) in [5.74, 6) is -0.526. The first-order chi connectivity index (χ1) is 7.63. The van der Waals surface area contributed by atoms with Gasteiger partial charge in [-0.1, -0.05) is 0 Å². The van der Waals surface area contributed by atoms with E-state index in [4.69, 9.17) is 9.94 Å². The first-order valence-corrected chi connectivity index (χ1v) is 4.49. The molecule has 6 heteroatoms. The van der Waals surface area contributed by atoms with E-state index in [-0.39, 0.29) is 23.6 Å². The average Bonchev–Trinajstić information content (AvgIpc) is 2.31. The monoisotopic (exact) mass is 227 g/mol. The molecule has 0 amide bonds. The Morgan fingerprint density at radius 3 is 2.62 bits per heavy atom. The fraction of sp³-hybridized carbons (Fsp3) is 0.300. The first kappa shape index (κ1) is 12.3. The lowest BCUT2D eigenvalue weighted by atomic mass is 10.1. The molecule has 0 atom stereocenters. The van der Waals surface area contributed by atoms with Crippen LogP contribution in [0.2, 0.25) is 0 Å². The number of hydroxylamine groups is 1. The molecule has 0 spiro atoms. The van der Waals surface area contributed by atoms with Crippen molar-refractivity contribution in [3.8, 4) is 11.5 Å². The largest absolute Gasteiger partial charge is 0.504 e. The van der Waals surface area contributed by atoms with Crippen molar-refractivity contribution in [3.63, 3.8) is 0 Å². The van der Waals surface area contributed by atoms with Gasteiger partial charge in [0.25, 0.3) is 0 Å². The molecule has 88 valence electrons. The Morgan fingerprint density at radius 1 is 1.44 bits per heavy atom. The molecule has 0 aromatic heterocycles. The third kappa shape index (κ3) is 2.41. The second-order valence-corrected chi connectivity index (χ2v) is 3.01. The Balaban J connectivity index is 3.22. The molecule has 1 aromatic rings. The van der Waals surface area contributed by atoms with Crippen molar-refractivity contribution in [1.82, 2.24) is 5.48 Å². The van der Waals surface area contributed by atoms with Crippen LogP contribution in [0, 0.1) is 0 Å². The Kier molecular flexibility index (Phi) is 4.10. The number of esters is 1. The molecule has 0 aliphatic rings. The number of benzene rings is 1. The predicted octanol–water partition coefficient (Wildman–Crippen LogP) is 0.666. The van der Waals surface area contributed by atoms with Crippen LogP contribution in [-0.4, -0.2) is 30.5 Å². The van der Waals surface area contributed by atoms with Gasteiger partial charge in [-0.3, -0.25) is 0 Å². The Bertz CT molecular complexity index is 391. The van der Waals surface area contributed by atoms with Gasteiger partial charge in [0.2, 0.25) is 0 Å². The number of rotatable bonds is 4. The smallest absolute Gasteiger partial charge is 0.337 e. The minimum Gasteiger partial charge on any atom is -0.504 e. The summed E-state index contributed by atoms with van der Waals surface area (Å²) < 4.78 is 9.45. The number of phenols is 1. The van der Waals surface area contributed by atoms with Crippen LogP contribution in [-0.2, 0) is 11.3 Å². The van der Waals surface area contributed by atoms with E-state index in [9.17, 15) is 9.90 Å². The summed E-state index contributed by atoms with van der Waals surface area (Å²) in [6.45, 7) is -0.00692. The fourth-order valence-electron chi connectivity index (χ4n) is 1.28. The number of phenolic OH excluding ortho intramolecular Hbond substituents is 1. The minimum absolute atomic E-state index is 0.00692. The van der Waals surface area contributed by atoms with E-state index in [1.54, 1.807) is 0 Å². The lowest BCUT2D eigenvalue weighted by Gasteiger charge is -2.10. The number of methoxy groups -OCH3 is 2. The summed E-state index contributed by atoms with van der Waals surface area (Å²) in [7, 11) is 2.62. The van der Waals surface area contributed by atoms with Crippen molar-refractivity contribution in [1.29, 1.82) is 0 Å². The Hall–Kier alpha value is -1.79. The van der Waals surface area contributed by atoms with E-state index in [1.807, 2.05) is 5.48 Å². The van der Waals surface area contributed by atoms with Crippen LogP contribution in [0.25, 0.3) is 0 Å². The van der Waals surface area contributed by atoms with Gasteiger partial charge in [-0.25, -0.2) is 10.3 Å². The maximum Gasteiger partial charge on any atom is 0.337 e. The molecule has 6 nitrogen and oxygen atoms in total. The van der Waals surface area contributed by atoms with Crippen LogP contribution in [0.1, 0.15) is 15.9 Å².